The van der Waals surface area contributed by atoms with E-state index < -0.39 is 5.41 Å². The molecule has 0 aromatic carbocycles. The molecule has 0 aliphatic carbocycles. The largest absolute Gasteiger partial charge is 0.381 e. The highest BCUT2D eigenvalue weighted by Gasteiger charge is 2.32. The van der Waals surface area contributed by atoms with Gasteiger partial charge in [0.05, 0.1) is 107 Å². The monoisotopic (exact) mass is 1120 g/mol. The molecule has 77 heavy (non-hydrogen) atoms. The standard InChI is InChI=1S/C30H62O9.C29H60O8.CH4/c1-25(2)34-15-9-13-31-21-29(38-19-11-17-36-27(5)6)23-33-24-30(39-20-12-18-37-28(7)8)22-32-14-10-16-35-26(3)4;1-25(2)34-17-9-13-30-21-29(22-31-14-10-18-35-26(3)4,23-32-15-11-19-36-27(5)6)24-33-16-12-20-37-28(7)8;/h25-30H,9-24H2,1-8H3;25-28H,9-24H2,1-8H3;1H4. The Balaban J connectivity index is -0.00000141. The van der Waals surface area contributed by atoms with E-state index in [2.05, 4.69) is 0 Å². The van der Waals surface area contributed by atoms with Gasteiger partial charge in [-0.1, -0.05) is 7.43 Å². The van der Waals surface area contributed by atoms with Gasteiger partial charge in [-0.3, -0.25) is 0 Å². The van der Waals surface area contributed by atoms with Crippen molar-refractivity contribution in [3.05, 3.63) is 0 Å². The minimum Gasteiger partial charge on any atom is -0.381 e. The Kier molecular flexibility index (Phi) is 61.2. The minimum atomic E-state index is -0.393. The first-order valence-electron chi connectivity index (χ1n) is 29.6. The molecule has 0 heterocycles. The Morgan fingerprint density at radius 3 is 0.584 bits per heavy atom. The third-order valence-electron chi connectivity index (χ3n) is 10.3. The van der Waals surface area contributed by atoms with Crippen molar-refractivity contribution in [2.45, 2.75) is 231 Å². The van der Waals surface area contributed by atoms with E-state index in [1.165, 1.54) is 0 Å². The molecule has 2 unspecified atom stereocenters. The molecule has 0 saturated heterocycles. The highest BCUT2D eigenvalue weighted by molar-refractivity contribution is 4.80. The topological polar surface area (TPSA) is 157 Å². The van der Waals surface area contributed by atoms with Crippen LogP contribution in [0.1, 0.15) is 170 Å². The van der Waals surface area contributed by atoms with Crippen molar-refractivity contribution >= 4 is 0 Å². The van der Waals surface area contributed by atoms with E-state index in [1.807, 2.05) is 111 Å². The first-order chi connectivity index (χ1) is 36.4. The van der Waals surface area contributed by atoms with Crippen LogP contribution in [-0.4, -0.2) is 220 Å². The van der Waals surface area contributed by atoms with Gasteiger partial charge in [-0.05, 0) is 162 Å². The van der Waals surface area contributed by atoms with Gasteiger partial charge in [-0.25, -0.2) is 0 Å². The zero-order valence-electron chi connectivity index (χ0n) is 51.8. The summed E-state index contributed by atoms with van der Waals surface area (Å²) in [4.78, 5) is 0. The molecule has 0 N–H and O–H groups in total. The predicted octanol–water partition coefficient (Wildman–Crippen LogP) is 11.0. The van der Waals surface area contributed by atoms with Crippen molar-refractivity contribution in [3.63, 3.8) is 0 Å². The number of ether oxygens (including phenoxy) is 17. The summed E-state index contributed by atoms with van der Waals surface area (Å²) >= 11 is 0. The molecule has 17 nitrogen and oxygen atoms in total. The summed E-state index contributed by atoms with van der Waals surface area (Å²) in [7, 11) is 0. The Morgan fingerprint density at radius 2 is 0.377 bits per heavy atom. The maximum absolute atomic E-state index is 6.12. The molecule has 0 bridgehead atoms. The van der Waals surface area contributed by atoms with E-state index in [1.54, 1.807) is 0 Å². The van der Waals surface area contributed by atoms with Crippen LogP contribution in [0.5, 0.6) is 0 Å². The highest BCUT2D eigenvalue weighted by Crippen LogP contribution is 2.22. The first-order valence-corrected chi connectivity index (χ1v) is 29.6. The molecule has 0 saturated carbocycles. The molecule has 0 fully saturated rings. The molecule has 0 rings (SSSR count). The molecule has 17 heteroatoms. The highest BCUT2D eigenvalue weighted by atomic mass is 16.6. The van der Waals surface area contributed by atoms with Crippen molar-refractivity contribution in [2.75, 3.05) is 159 Å². The van der Waals surface area contributed by atoms with E-state index in [4.69, 9.17) is 80.5 Å². The normalized spacial score (nSPS) is 13.1. The molecule has 0 aliphatic heterocycles. The average molecular weight is 1120 g/mol. The number of hydrogen-bond donors (Lipinski definition) is 0. The lowest BCUT2D eigenvalue weighted by atomic mass is 9.92. The second kappa shape index (κ2) is 58.5. The van der Waals surface area contributed by atoms with Crippen molar-refractivity contribution in [2.24, 2.45) is 5.41 Å². The fourth-order valence-electron chi connectivity index (χ4n) is 6.59. The minimum absolute atomic E-state index is 0. The van der Waals surface area contributed by atoms with Crippen LogP contribution in [0.2, 0.25) is 0 Å². The zero-order valence-corrected chi connectivity index (χ0v) is 51.8. The zero-order chi connectivity index (χ0) is 56.9. The third-order valence-corrected chi connectivity index (χ3v) is 10.3. The second-order valence-electron chi connectivity index (χ2n) is 21.6. The van der Waals surface area contributed by atoms with Gasteiger partial charge in [0.1, 0.15) is 12.2 Å². The van der Waals surface area contributed by atoms with E-state index in [9.17, 15) is 0 Å². The van der Waals surface area contributed by atoms with Gasteiger partial charge in [0.25, 0.3) is 0 Å². The number of rotatable bonds is 58. The maximum Gasteiger partial charge on any atom is 0.104 e. The summed E-state index contributed by atoms with van der Waals surface area (Å²) < 4.78 is 99.3. The van der Waals surface area contributed by atoms with E-state index in [-0.39, 0.29) is 68.5 Å². The molecule has 0 spiro atoms. The Labute approximate surface area is 473 Å². The molecule has 0 radical (unpaired) electrons. The fourth-order valence-corrected chi connectivity index (χ4v) is 6.59. The van der Waals surface area contributed by atoms with Crippen LogP contribution < -0.4 is 0 Å². The van der Waals surface area contributed by atoms with Crippen molar-refractivity contribution in [3.8, 4) is 0 Å². The fraction of sp³-hybridized carbons (Fsp3) is 1.00. The SMILES string of the molecule is C.CC(C)OCCCOCC(COCC(COCCCOC(C)C)OCCCOC(C)C)OCCCOC(C)C.CC(C)OCCCOCC(COCCCOC(C)C)(COCCCOC(C)C)COCCCOC(C)C. The second-order valence-corrected chi connectivity index (χ2v) is 21.6. The van der Waals surface area contributed by atoms with Crippen LogP contribution in [-0.2, 0) is 80.5 Å². The Morgan fingerprint density at radius 1 is 0.208 bits per heavy atom. The third kappa shape index (κ3) is 64.4. The molecule has 0 aromatic rings. The summed E-state index contributed by atoms with van der Waals surface area (Å²) in [5.41, 5.74) is -0.393. The van der Waals surface area contributed by atoms with Gasteiger partial charge in [0.2, 0.25) is 0 Å². The van der Waals surface area contributed by atoms with Gasteiger partial charge in [0, 0.05) is 106 Å². The first kappa shape index (κ1) is 80.5. The summed E-state index contributed by atoms with van der Waals surface area (Å²) in [6, 6.07) is 0. The van der Waals surface area contributed by atoms with Crippen molar-refractivity contribution in [1.82, 2.24) is 0 Å². The van der Waals surface area contributed by atoms with Crippen molar-refractivity contribution in [1.29, 1.82) is 0 Å². The lowest BCUT2D eigenvalue weighted by Crippen LogP contribution is -2.42. The van der Waals surface area contributed by atoms with Crippen molar-refractivity contribution < 1.29 is 80.5 Å². The van der Waals surface area contributed by atoms with E-state index in [0.717, 1.165) is 51.4 Å². The molecular weight excluding hydrogens is 993 g/mol. The van der Waals surface area contributed by atoms with E-state index in [0.29, 0.717) is 159 Å². The molecule has 0 aliphatic rings. The van der Waals surface area contributed by atoms with Crippen LogP contribution >= 0.6 is 0 Å². The smallest absolute Gasteiger partial charge is 0.104 e. The maximum atomic E-state index is 6.12. The molecular formula is C60H126O17. The van der Waals surface area contributed by atoms with Gasteiger partial charge < -0.3 is 80.5 Å². The molecule has 0 amide bonds. The summed E-state index contributed by atoms with van der Waals surface area (Å²) in [6.45, 7) is 46.9. The van der Waals surface area contributed by atoms with Gasteiger partial charge in [-0.2, -0.15) is 0 Å². The molecule has 468 valence electrons. The molecule has 0 aromatic heterocycles. The lowest BCUT2D eigenvalue weighted by molar-refractivity contribution is -0.112. The summed E-state index contributed by atoms with van der Waals surface area (Å²) in [6.07, 6.45) is 8.26. The summed E-state index contributed by atoms with van der Waals surface area (Å²) in [5.74, 6) is 0. The Bertz CT molecular complexity index is 1000. The number of hydrogen-bond acceptors (Lipinski definition) is 17. The van der Waals surface area contributed by atoms with Gasteiger partial charge in [-0.15, -0.1) is 0 Å². The lowest BCUT2D eigenvalue weighted by Gasteiger charge is -2.33. The van der Waals surface area contributed by atoms with Gasteiger partial charge in [0.15, 0.2) is 0 Å². The van der Waals surface area contributed by atoms with Crippen LogP contribution in [0.25, 0.3) is 0 Å². The van der Waals surface area contributed by atoms with Crippen LogP contribution in [0.15, 0.2) is 0 Å². The predicted molar refractivity (Wildman–Crippen MR) is 310 cm³/mol. The van der Waals surface area contributed by atoms with Crippen LogP contribution in [0.4, 0.5) is 0 Å². The quantitative estimate of drug-likeness (QED) is 0.0529. The van der Waals surface area contributed by atoms with E-state index >= 15 is 0 Å². The molecule has 2 atom stereocenters. The van der Waals surface area contributed by atoms with Crippen LogP contribution in [0, 0.1) is 5.41 Å². The van der Waals surface area contributed by atoms with Crippen LogP contribution in [0.3, 0.4) is 0 Å². The Hall–Kier alpha value is -0.680. The van der Waals surface area contributed by atoms with Gasteiger partial charge >= 0.3 is 0 Å². The summed E-state index contributed by atoms with van der Waals surface area (Å²) in [5, 5.41) is 0. The average Bonchev–Trinajstić information content (AvgIpc) is 3.34.